The molecule has 3 heteroatoms. The SMILES string of the molecule is CCCCCCCCCCOc1ccc(C=O)cc1OC. The van der Waals surface area contributed by atoms with E-state index in [0.29, 0.717) is 23.7 Å². The number of methoxy groups -OCH3 is 1. The summed E-state index contributed by atoms with van der Waals surface area (Å²) < 4.78 is 11.0. The van der Waals surface area contributed by atoms with Crippen molar-refractivity contribution in [3.8, 4) is 11.5 Å². The van der Waals surface area contributed by atoms with Crippen LogP contribution in [0.1, 0.15) is 68.6 Å². The number of ether oxygens (including phenoxy) is 2. The zero-order chi connectivity index (χ0) is 15.3. The summed E-state index contributed by atoms with van der Waals surface area (Å²) in [6, 6.07) is 5.25. The van der Waals surface area contributed by atoms with E-state index < -0.39 is 0 Å². The summed E-state index contributed by atoms with van der Waals surface area (Å²) in [6.45, 7) is 2.94. The second-order valence-corrected chi connectivity index (χ2v) is 5.35. The minimum absolute atomic E-state index is 0.603. The Morgan fingerprint density at radius 3 is 2.24 bits per heavy atom. The molecule has 21 heavy (non-hydrogen) atoms. The zero-order valence-electron chi connectivity index (χ0n) is 13.4. The lowest BCUT2D eigenvalue weighted by Gasteiger charge is -2.11. The normalized spacial score (nSPS) is 10.4. The molecule has 0 N–H and O–H groups in total. The lowest BCUT2D eigenvalue weighted by molar-refractivity contribution is 0.112. The van der Waals surface area contributed by atoms with Crippen molar-refractivity contribution in [2.45, 2.75) is 58.3 Å². The molecule has 1 rings (SSSR count). The van der Waals surface area contributed by atoms with Crippen LogP contribution in [-0.2, 0) is 0 Å². The number of carbonyl (C=O) groups excluding carboxylic acids is 1. The number of carbonyl (C=O) groups is 1. The van der Waals surface area contributed by atoms with Crippen LogP contribution in [0.15, 0.2) is 18.2 Å². The molecule has 0 saturated carbocycles. The summed E-state index contributed by atoms with van der Waals surface area (Å²) in [7, 11) is 1.59. The Hall–Kier alpha value is -1.51. The molecule has 0 aliphatic rings. The molecule has 3 nitrogen and oxygen atoms in total. The van der Waals surface area contributed by atoms with Crippen LogP contribution in [0.2, 0.25) is 0 Å². The summed E-state index contributed by atoms with van der Waals surface area (Å²) in [5, 5.41) is 0. The molecular formula is C18H28O3. The van der Waals surface area contributed by atoms with E-state index in [9.17, 15) is 4.79 Å². The number of hydrogen-bond donors (Lipinski definition) is 0. The fraction of sp³-hybridized carbons (Fsp3) is 0.611. The van der Waals surface area contributed by atoms with Crippen LogP contribution in [-0.4, -0.2) is 20.0 Å². The van der Waals surface area contributed by atoms with Gasteiger partial charge < -0.3 is 9.47 Å². The molecule has 0 atom stereocenters. The third-order valence-corrected chi connectivity index (χ3v) is 3.58. The molecule has 0 bridgehead atoms. The highest BCUT2D eigenvalue weighted by Gasteiger charge is 2.05. The second kappa shape index (κ2) is 11.2. The Labute approximate surface area is 128 Å². The van der Waals surface area contributed by atoms with Gasteiger partial charge in [-0.3, -0.25) is 4.79 Å². The topological polar surface area (TPSA) is 35.5 Å². The monoisotopic (exact) mass is 292 g/mol. The van der Waals surface area contributed by atoms with Crippen LogP contribution in [0.5, 0.6) is 11.5 Å². The first-order chi connectivity index (χ1) is 10.3. The number of aldehydes is 1. The highest BCUT2D eigenvalue weighted by molar-refractivity contribution is 5.76. The number of benzene rings is 1. The van der Waals surface area contributed by atoms with Gasteiger partial charge in [0.05, 0.1) is 13.7 Å². The Morgan fingerprint density at radius 1 is 0.952 bits per heavy atom. The summed E-state index contributed by atoms with van der Waals surface area (Å²) >= 11 is 0. The van der Waals surface area contributed by atoms with Gasteiger partial charge in [-0.05, 0) is 24.6 Å². The van der Waals surface area contributed by atoms with Gasteiger partial charge in [0.1, 0.15) is 6.29 Å². The first-order valence-electron chi connectivity index (χ1n) is 8.07. The maximum atomic E-state index is 10.7. The number of unbranched alkanes of at least 4 members (excludes halogenated alkanes) is 7. The average Bonchev–Trinajstić information content (AvgIpc) is 2.53. The maximum Gasteiger partial charge on any atom is 0.161 e. The van der Waals surface area contributed by atoms with Gasteiger partial charge in [0.15, 0.2) is 11.5 Å². The molecule has 0 unspecified atom stereocenters. The third-order valence-electron chi connectivity index (χ3n) is 3.58. The predicted molar refractivity (Wildman–Crippen MR) is 86.5 cm³/mol. The molecule has 0 aromatic heterocycles. The largest absolute Gasteiger partial charge is 0.493 e. The van der Waals surface area contributed by atoms with Gasteiger partial charge in [-0.25, -0.2) is 0 Å². The highest BCUT2D eigenvalue weighted by atomic mass is 16.5. The van der Waals surface area contributed by atoms with Gasteiger partial charge in [0.25, 0.3) is 0 Å². The Morgan fingerprint density at radius 2 is 1.62 bits per heavy atom. The molecule has 0 heterocycles. The van der Waals surface area contributed by atoms with Gasteiger partial charge in [-0.2, -0.15) is 0 Å². The maximum absolute atomic E-state index is 10.7. The minimum atomic E-state index is 0.603. The Bertz CT molecular complexity index is 401. The summed E-state index contributed by atoms with van der Waals surface area (Å²) in [4.78, 5) is 10.7. The van der Waals surface area contributed by atoms with Gasteiger partial charge in [-0.1, -0.05) is 51.9 Å². The van der Waals surface area contributed by atoms with Crippen molar-refractivity contribution in [2.24, 2.45) is 0 Å². The number of rotatable bonds is 12. The molecule has 0 radical (unpaired) electrons. The van der Waals surface area contributed by atoms with E-state index in [1.54, 1.807) is 25.3 Å². The minimum Gasteiger partial charge on any atom is -0.493 e. The molecule has 118 valence electrons. The van der Waals surface area contributed by atoms with Crippen LogP contribution >= 0.6 is 0 Å². The van der Waals surface area contributed by atoms with Gasteiger partial charge in [0.2, 0.25) is 0 Å². The van der Waals surface area contributed by atoms with Gasteiger partial charge >= 0.3 is 0 Å². The molecule has 0 spiro atoms. The van der Waals surface area contributed by atoms with Crippen LogP contribution in [0.3, 0.4) is 0 Å². The fourth-order valence-corrected chi connectivity index (χ4v) is 2.29. The van der Waals surface area contributed by atoms with E-state index in [2.05, 4.69) is 6.92 Å². The first-order valence-corrected chi connectivity index (χ1v) is 8.07. The molecule has 1 aromatic rings. The smallest absolute Gasteiger partial charge is 0.161 e. The fourth-order valence-electron chi connectivity index (χ4n) is 2.29. The Kier molecular flexibility index (Phi) is 9.34. The van der Waals surface area contributed by atoms with Crippen molar-refractivity contribution < 1.29 is 14.3 Å². The summed E-state index contributed by atoms with van der Waals surface area (Å²) in [5.74, 6) is 1.34. The molecule has 0 fully saturated rings. The lowest BCUT2D eigenvalue weighted by Crippen LogP contribution is -2.00. The molecule has 1 aromatic carbocycles. The highest BCUT2D eigenvalue weighted by Crippen LogP contribution is 2.27. The van der Waals surface area contributed by atoms with Crippen LogP contribution < -0.4 is 9.47 Å². The number of hydrogen-bond acceptors (Lipinski definition) is 3. The van der Waals surface area contributed by atoms with Crippen molar-refractivity contribution in [1.82, 2.24) is 0 Å². The van der Waals surface area contributed by atoms with Crippen LogP contribution in [0.4, 0.5) is 0 Å². The zero-order valence-corrected chi connectivity index (χ0v) is 13.4. The van der Waals surface area contributed by atoms with E-state index in [1.807, 2.05) is 0 Å². The van der Waals surface area contributed by atoms with E-state index >= 15 is 0 Å². The molecule has 0 amide bonds. The summed E-state index contributed by atoms with van der Waals surface area (Å²) in [6.07, 6.45) is 11.1. The van der Waals surface area contributed by atoms with Gasteiger partial charge in [0, 0.05) is 5.56 Å². The van der Waals surface area contributed by atoms with Crippen LogP contribution in [0.25, 0.3) is 0 Å². The van der Waals surface area contributed by atoms with Crippen molar-refractivity contribution in [3.63, 3.8) is 0 Å². The van der Waals surface area contributed by atoms with Crippen molar-refractivity contribution in [3.05, 3.63) is 23.8 Å². The van der Waals surface area contributed by atoms with Gasteiger partial charge in [-0.15, -0.1) is 0 Å². The lowest BCUT2D eigenvalue weighted by atomic mass is 10.1. The van der Waals surface area contributed by atoms with Crippen molar-refractivity contribution in [1.29, 1.82) is 0 Å². The second-order valence-electron chi connectivity index (χ2n) is 5.35. The summed E-state index contributed by atoms with van der Waals surface area (Å²) in [5.41, 5.74) is 0.603. The molecule has 0 aliphatic heterocycles. The van der Waals surface area contributed by atoms with E-state index in [0.717, 1.165) is 12.7 Å². The first kappa shape index (κ1) is 17.5. The molecular weight excluding hydrogens is 264 g/mol. The van der Waals surface area contributed by atoms with Crippen molar-refractivity contribution in [2.75, 3.05) is 13.7 Å². The quantitative estimate of drug-likeness (QED) is 0.400. The standard InChI is InChI=1S/C18H28O3/c1-3-4-5-6-7-8-9-10-13-21-17-12-11-16(15-19)14-18(17)20-2/h11-12,14-15H,3-10,13H2,1-2H3. The predicted octanol–water partition coefficient (Wildman–Crippen LogP) is 5.03. The Balaban J connectivity index is 2.16. The van der Waals surface area contributed by atoms with E-state index in [-0.39, 0.29) is 0 Å². The van der Waals surface area contributed by atoms with E-state index in [4.69, 9.17) is 9.47 Å². The van der Waals surface area contributed by atoms with E-state index in [1.165, 1.54) is 44.9 Å². The molecule has 0 aliphatic carbocycles. The van der Waals surface area contributed by atoms with Crippen molar-refractivity contribution >= 4 is 6.29 Å². The average molecular weight is 292 g/mol. The molecule has 0 saturated heterocycles. The van der Waals surface area contributed by atoms with Crippen LogP contribution in [0, 0.1) is 0 Å². The third kappa shape index (κ3) is 7.16.